The Morgan fingerprint density at radius 2 is 1.76 bits per heavy atom. The smallest absolute Gasteiger partial charge is 0.119 e. The number of benzene rings is 2. The van der Waals surface area contributed by atoms with Gasteiger partial charge in [-0.2, -0.15) is 0 Å². The number of hydrogen-bond acceptors (Lipinski definition) is 2. The van der Waals surface area contributed by atoms with Crippen molar-refractivity contribution >= 4 is 0 Å². The first-order valence-electron chi connectivity index (χ1n) is 7.51. The second-order valence-electron chi connectivity index (χ2n) is 5.98. The minimum Gasteiger partial charge on any atom is -0.491 e. The summed E-state index contributed by atoms with van der Waals surface area (Å²) < 4.78 is 5.65. The first-order valence-corrected chi connectivity index (χ1v) is 7.51. The van der Waals surface area contributed by atoms with Gasteiger partial charge in [0, 0.05) is 0 Å². The van der Waals surface area contributed by atoms with Crippen molar-refractivity contribution in [3.63, 3.8) is 0 Å². The molecule has 0 saturated carbocycles. The van der Waals surface area contributed by atoms with Gasteiger partial charge in [0.25, 0.3) is 0 Å². The van der Waals surface area contributed by atoms with Crippen LogP contribution in [0.2, 0.25) is 0 Å². The summed E-state index contributed by atoms with van der Waals surface area (Å²) in [5, 5.41) is 10.2. The van der Waals surface area contributed by atoms with Gasteiger partial charge in [0.15, 0.2) is 0 Å². The molecule has 0 spiro atoms. The minimum atomic E-state index is -0.599. The molecule has 2 heteroatoms. The number of aliphatic hydroxyl groups excluding tert-OH is 1. The Kier molecular flexibility index (Phi) is 5.40. The molecule has 0 heterocycles. The maximum absolute atomic E-state index is 10.2. The number of rotatable bonds is 6. The quantitative estimate of drug-likeness (QED) is 0.856. The fourth-order valence-corrected chi connectivity index (χ4v) is 2.32. The molecule has 21 heavy (non-hydrogen) atoms. The first kappa shape index (κ1) is 15.6. The summed E-state index contributed by atoms with van der Waals surface area (Å²) in [6, 6.07) is 16.0. The molecule has 1 N–H and O–H groups in total. The van der Waals surface area contributed by atoms with Gasteiger partial charge in [0.2, 0.25) is 0 Å². The number of aliphatic hydroxyl groups is 1. The SMILES string of the molecule is Cc1cccc(OCC(O)c2ccc(CC(C)C)cc2)c1. The van der Waals surface area contributed by atoms with E-state index in [-0.39, 0.29) is 6.61 Å². The van der Waals surface area contributed by atoms with E-state index in [1.807, 2.05) is 43.3 Å². The zero-order valence-electron chi connectivity index (χ0n) is 13.0. The number of hydrogen-bond donors (Lipinski definition) is 1. The van der Waals surface area contributed by atoms with Gasteiger partial charge >= 0.3 is 0 Å². The molecule has 1 unspecified atom stereocenters. The summed E-state index contributed by atoms with van der Waals surface area (Å²) in [5.41, 5.74) is 3.36. The Balaban J connectivity index is 1.92. The van der Waals surface area contributed by atoms with E-state index in [1.165, 1.54) is 5.56 Å². The summed E-state index contributed by atoms with van der Waals surface area (Å²) in [4.78, 5) is 0. The molecule has 0 bridgehead atoms. The van der Waals surface area contributed by atoms with Crippen LogP contribution in [0.5, 0.6) is 5.75 Å². The van der Waals surface area contributed by atoms with Crippen LogP contribution < -0.4 is 4.74 Å². The predicted molar refractivity (Wildman–Crippen MR) is 86.6 cm³/mol. The Morgan fingerprint density at radius 1 is 1.05 bits per heavy atom. The van der Waals surface area contributed by atoms with Gasteiger partial charge < -0.3 is 9.84 Å². The highest BCUT2D eigenvalue weighted by molar-refractivity contribution is 5.28. The molecule has 0 saturated heterocycles. The average molecular weight is 284 g/mol. The van der Waals surface area contributed by atoms with Crippen LogP contribution in [0.15, 0.2) is 48.5 Å². The van der Waals surface area contributed by atoms with E-state index in [1.54, 1.807) is 0 Å². The minimum absolute atomic E-state index is 0.271. The summed E-state index contributed by atoms with van der Waals surface area (Å²) in [6.07, 6.45) is 0.467. The van der Waals surface area contributed by atoms with Gasteiger partial charge in [0.05, 0.1) is 0 Å². The van der Waals surface area contributed by atoms with Crippen LogP contribution in [0.25, 0.3) is 0 Å². The third-order valence-electron chi connectivity index (χ3n) is 3.41. The lowest BCUT2D eigenvalue weighted by atomic mass is 10.0. The van der Waals surface area contributed by atoms with Gasteiger partial charge in [0.1, 0.15) is 18.5 Å². The molecule has 2 rings (SSSR count). The maximum Gasteiger partial charge on any atom is 0.119 e. The summed E-state index contributed by atoms with van der Waals surface area (Å²) in [6.45, 7) is 6.71. The van der Waals surface area contributed by atoms with Crippen molar-refractivity contribution in [3.05, 3.63) is 65.2 Å². The molecular formula is C19H24O2. The van der Waals surface area contributed by atoms with Gasteiger partial charge in [-0.25, -0.2) is 0 Å². The van der Waals surface area contributed by atoms with Crippen molar-refractivity contribution in [2.75, 3.05) is 6.61 Å². The lowest BCUT2D eigenvalue weighted by Gasteiger charge is -2.14. The monoisotopic (exact) mass is 284 g/mol. The van der Waals surface area contributed by atoms with Crippen LogP contribution in [0.1, 0.15) is 36.6 Å². The second kappa shape index (κ2) is 7.28. The number of ether oxygens (including phenoxy) is 1. The van der Waals surface area contributed by atoms with E-state index in [9.17, 15) is 5.11 Å². The van der Waals surface area contributed by atoms with E-state index in [4.69, 9.17) is 4.74 Å². The normalized spacial score (nSPS) is 12.4. The molecule has 2 nitrogen and oxygen atoms in total. The molecule has 2 aromatic carbocycles. The Labute approximate surface area is 127 Å². The fourth-order valence-electron chi connectivity index (χ4n) is 2.32. The Hall–Kier alpha value is -1.80. The molecule has 0 fully saturated rings. The van der Waals surface area contributed by atoms with Crippen LogP contribution in [-0.2, 0) is 6.42 Å². The highest BCUT2D eigenvalue weighted by Crippen LogP contribution is 2.18. The van der Waals surface area contributed by atoms with Crippen LogP contribution in [0.3, 0.4) is 0 Å². The second-order valence-corrected chi connectivity index (χ2v) is 5.98. The van der Waals surface area contributed by atoms with Gasteiger partial charge in [-0.1, -0.05) is 50.2 Å². The molecule has 2 aromatic rings. The fraction of sp³-hybridized carbons (Fsp3) is 0.368. The molecule has 0 aliphatic rings. The van der Waals surface area contributed by atoms with E-state index >= 15 is 0 Å². The molecule has 0 radical (unpaired) electrons. The molecule has 0 amide bonds. The lowest BCUT2D eigenvalue weighted by Crippen LogP contribution is -2.09. The molecular weight excluding hydrogens is 260 g/mol. The van der Waals surface area contributed by atoms with Crippen LogP contribution in [0.4, 0.5) is 0 Å². The van der Waals surface area contributed by atoms with E-state index in [0.29, 0.717) is 5.92 Å². The van der Waals surface area contributed by atoms with Gasteiger partial charge in [-0.05, 0) is 48.1 Å². The summed E-state index contributed by atoms with van der Waals surface area (Å²) in [5.74, 6) is 1.44. The van der Waals surface area contributed by atoms with Crippen molar-refractivity contribution in [2.24, 2.45) is 5.92 Å². The van der Waals surface area contributed by atoms with Crippen molar-refractivity contribution in [2.45, 2.75) is 33.3 Å². The van der Waals surface area contributed by atoms with Crippen LogP contribution in [0, 0.1) is 12.8 Å². The highest BCUT2D eigenvalue weighted by atomic mass is 16.5. The third-order valence-corrected chi connectivity index (χ3v) is 3.41. The average Bonchev–Trinajstić information content (AvgIpc) is 2.45. The topological polar surface area (TPSA) is 29.5 Å². The van der Waals surface area contributed by atoms with Crippen molar-refractivity contribution in [3.8, 4) is 5.75 Å². The van der Waals surface area contributed by atoms with Gasteiger partial charge in [-0.3, -0.25) is 0 Å². The van der Waals surface area contributed by atoms with Gasteiger partial charge in [-0.15, -0.1) is 0 Å². The largest absolute Gasteiger partial charge is 0.491 e. The van der Waals surface area contributed by atoms with Crippen molar-refractivity contribution in [1.82, 2.24) is 0 Å². The summed E-state index contributed by atoms with van der Waals surface area (Å²) >= 11 is 0. The van der Waals surface area contributed by atoms with Crippen LogP contribution in [-0.4, -0.2) is 11.7 Å². The zero-order chi connectivity index (χ0) is 15.2. The first-order chi connectivity index (χ1) is 10.0. The molecule has 0 aliphatic heterocycles. The Morgan fingerprint density at radius 3 is 2.38 bits per heavy atom. The maximum atomic E-state index is 10.2. The Bertz CT molecular complexity index is 558. The van der Waals surface area contributed by atoms with Crippen molar-refractivity contribution < 1.29 is 9.84 Å². The summed E-state index contributed by atoms with van der Waals surface area (Å²) in [7, 11) is 0. The van der Waals surface area contributed by atoms with Crippen LogP contribution >= 0.6 is 0 Å². The number of aryl methyl sites for hydroxylation is 1. The van der Waals surface area contributed by atoms with Crippen molar-refractivity contribution in [1.29, 1.82) is 0 Å². The standard InChI is InChI=1S/C19H24O2/c1-14(2)11-16-7-9-17(10-8-16)19(20)13-21-18-6-4-5-15(3)12-18/h4-10,12,14,19-20H,11,13H2,1-3H3. The lowest BCUT2D eigenvalue weighted by molar-refractivity contribution is 0.108. The molecule has 1 atom stereocenters. The van der Waals surface area contributed by atoms with E-state index in [2.05, 4.69) is 26.0 Å². The molecule has 0 aliphatic carbocycles. The van der Waals surface area contributed by atoms with E-state index in [0.717, 1.165) is 23.3 Å². The predicted octanol–water partition coefficient (Wildman–Crippen LogP) is 4.31. The zero-order valence-corrected chi connectivity index (χ0v) is 13.0. The third kappa shape index (κ3) is 4.91. The van der Waals surface area contributed by atoms with E-state index < -0.39 is 6.10 Å². The molecule has 112 valence electrons. The molecule has 0 aromatic heterocycles. The highest BCUT2D eigenvalue weighted by Gasteiger charge is 2.09.